The highest BCUT2D eigenvalue weighted by Gasteiger charge is 2.13. The number of rotatable bonds is 4. The molecule has 0 saturated heterocycles. The van der Waals surface area contributed by atoms with Crippen molar-refractivity contribution in [2.45, 2.75) is 26.3 Å². The minimum Gasteiger partial charge on any atom is -0.508 e. The molecule has 0 bridgehead atoms. The topological polar surface area (TPSA) is 32.3 Å². The van der Waals surface area contributed by atoms with Gasteiger partial charge in [-0.3, -0.25) is 0 Å². The maximum Gasteiger partial charge on any atom is 0.132 e. The van der Waals surface area contributed by atoms with Crippen molar-refractivity contribution in [3.8, 4) is 5.75 Å². The van der Waals surface area contributed by atoms with Crippen molar-refractivity contribution in [2.24, 2.45) is 0 Å². The van der Waals surface area contributed by atoms with Gasteiger partial charge < -0.3 is 10.4 Å². The van der Waals surface area contributed by atoms with Gasteiger partial charge in [-0.1, -0.05) is 28.9 Å². The third kappa shape index (κ3) is 3.31. The van der Waals surface area contributed by atoms with Crippen molar-refractivity contribution >= 4 is 21.6 Å². The lowest BCUT2D eigenvalue weighted by Gasteiger charge is -2.19. The van der Waals surface area contributed by atoms with E-state index in [0.717, 1.165) is 22.6 Å². The van der Waals surface area contributed by atoms with Crippen LogP contribution in [0.3, 0.4) is 0 Å². The Hall–Kier alpha value is -1.55. The van der Waals surface area contributed by atoms with Gasteiger partial charge in [0.15, 0.2) is 0 Å². The van der Waals surface area contributed by atoms with Crippen LogP contribution in [0.4, 0.5) is 10.1 Å². The molecule has 2 nitrogen and oxygen atoms in total. The average molecular weight is 338 g/mol. The first-order valence-corrected chi connectivity index (χ1v) is 7.34. The Labute approximate surface area is 126 Å². The number of aromatic hydroxyl groups is 1. The van der Waals surface area contributed by atoms with Crippen molar-refractivity contribution in [3.63, 3.8) is 0 Å². The Bertz CT molecular complexity index is 615. The molecule has 0 saturated carbocycles. The molecular formula is C16H17BrFNO. The molecular weight excluding hydrogens is 321 g/mol. The van der Waals surface area contributed by atoms with Crippen molar-refractivity contribution in [3.05, 3.63) is 57.8 Å². The number of benzene rings is 2. The van der Waals surface area contributed by atoms with Crippen LogP contribution in [0.25, 0.3) is 0 Å². The van der Waals surface area contributed by atoms with E-state index in [9.17, 15) is 9.50 Å². The zero-order valence-corrected chi connectivity index (χ0v) is 13.0. The molecule has 0 aliphatic rings. The summed E-state index contributed by atoms with van der Waals surface area (Å²) in [6.07, 6.45) is 0.895. The van der Waals surface area contributed by atoms with Crippen LogP contribution in [0.2, 0.25) is 0 Å². The first kappa shape index (κ1) is 14.9. The van der Waals surface area contributed by atoms with Crippen LogP contribution in [0.15, 0.2) is 40.9 Å². The molecule has 1 unspecified atom stereocenters. The van der Waals surface area contributed by atoms with Crippen molar-refractivity contribution in [1.82, 2.24) is 0 Å². The second kappa shape index (κ2) is 6.27. The Balaban J connectivity index is 2.25. The van der Waals surface area contributed by atoms with Gasteiger partial charge in [0.05, 0.1) is 6.04 Å². The molecule has 0 heterocycles. The second-order valence-electron chi connectivity index (χ2n) is 4.73. The predicted molar refractivity (Wildman–Crippen MR) is 83.6 cm³/mol. The Morgan fingerprint density at radius 2 is 2.00 bits per heavy atom. The minimum atomic E-state index is -0.403. The van der Waals surface area contributed by atoms with E-state index in [1.54, 1.807) is 6.07 Å². The highest BCUT2D eigenvalue weighted by molar-refractivity contribution is 9.10. The summed E-state index contributed by atoms with van der Waals surface area (Å²) < 4.78 is 14.9. The molecule has 0 aliphatic carbocycles. The normalized spacial score (nSPS) is 12.2. The summed E-state index contributed by atoms with van der Waals surface area (Å²) in [5.74, 6) is -0.462. The van der Waals surface area contributed by atoms with Crippen LogP contribution in [0.5, 0.6) is 5.75 Å². The van der Waals surface area contributed by atoms with Crippen molar-refractivity contribution in [1.29, 1.82) is 0 Å². The lowest BCUT2D eigenvalue weighted by molar-refractivity contribution is 0.467. The quantitative estimate of drug-likeness (QED) is 0.820. The molecule has 2 aromatic rings. The summed E-state index contributed by atoms with van der Waals surface area (Å²) in [5, 5.41) is 12.6. The molecule has 20 heavy (non-hydrogen) atoms. The van der Waals surface area contributed by atoms with E-state index < -0.39 is 5.82 Å². The molecule has 4 heteroatoms. The number of aryl methyl sites for hydroxylation is 1. The SMILES string of the molecule is CCc1cc(Br)ccc1NC(C)c1ccc(O)cc1F. The van der Waals surface area contributed by atoms with Crippen LogP contribution in [0.1, 0.15) is 31.0 Å². The number of phenolic OH excluding ortho intramolecular Hbond substituents is 1. The van der Waals surface area contributed by atoms with E-state index in [0.29, 0.717) is 5.56 Å². The van der Waals surface area contributed by atoms with Crippen molar-refractivity contribution < 1.29 is 9.50 Å². The van der Waals surface area contributed by atoms with Gasteiger partial charge in [0, 0.05) is 21.8 Å². The number of hydrogen-bond donors (Lipinski definition) is 2. The van der Waals surface area contributed by atoms with E-state index in [1.807, 2.05) is 19.1 Å². The fourth-order valence-electron chi connectivity index (χ4n) is 2.17. The molecule has 2 N–H and O–H groups in total. The molecule has 0 amide bonds. The summed E-state index contributed by atoms with van der Waals surface area (Å²) in [6.45, 7) is 3.98. The van der Waals surface area contributed by atoms with Gasteiger partial charge in [0.25, 0.3) is 0 Å². The summed E-state index contributed by atoms with van der Waals surface area (Å²) in [4.78, 5) is 0. The zero-order valence-electron chi connectivity index (χ0n) is 11.5. The van der Waals surface area contributed by atoms with Crippen molar-refractivity contribution in [2.75, 3.05) is 5.32 Å². The first-order valence-electron chi connectivity index (χ1n) is 6.54. The summed E-state index contributed by atoms with van der Waals surface area (Å²) in [7, 11) is 0. The fraction of sp³-hybridized carbons (Fsp3) is 0.250. The lowest BCUT2D eigenvalue weighted by Crippen LogP contribution is -2.10. The maximum absolute atomic E-state index is 13.8. The van der Waals surface area contributed by atoms with E-state index in [4.69, 9.17) is 0 Å². The smallest absolute Gasteiger partial charge is 0.132 e. The number of halogens is 2. The number of hydrogen-bond acceptors (Lipinski definition) is 2. The summed E-state index contributed by atoms with van der Waals surface area (Å²) in [5.41, 5.74) is 2.70. The van der Waals surface area contributed by atoms with Gasteiger partial charge >= 0.3 is 0 Å². The molecule has 0 aliphatic heterocycles. The Morgan fingerprint density at radius 3 is 2.65 bits per heavy atom. The van der Waals surface area contributed by atoms with E-state index >= 15 is 0 Å². The van der Waals surface area contributed by atoms with Crippen LogP contribution in [-0.4, -0.2) is 5.11 Å². The molecule has 0 aromatic heterocycles. The second-order valence-corrected chi connectivity index (χ2v) is 5.64. The lowest BCUT2D eigenvalue weighted by atomic mass is 10.1. The van der Waals surface area contributed by atoms with Crippen LogP contribution >= 0.6 is 15.9 Å². The van der Waals surface area contributed by atoms with E-state index in [2.05, 4.69) is 34.2 Å². The molecule has 0 spiro atoms. The maximum atomic E-state index is 13.8. The van der Waals surface area contributed by atoms with Gasteiger partial charge in [-0.15, -0.1) is 0 Å². The zero-order chi connectivity index (χ0) is 14.7. The van der Waals surface area contributed by atoms with Gasteiger partial charge in [0.1, 0.15) is 11.6 Å². The summed E-state index contributed by atoms with van der Waals surface area (Å²) in [6, 6.07) is 10.1. The number of phenols is 1. The van der Waals surface area contributed by atoms with Crippen LogP contribution in [0, 0.1) is 5.82 Å². The molecule has 2 aromatic carbocycles. The standard InChI is InChI=1S/C16H17BrFNO/c1-3-11-8-12(17)4-7-16(11)19-10(2)14-6-5-13(20)9-15(14)18/h4-10,19-20H,3H2,1-2H3. The average Bonchev–Trinajstić information content (AvgIpc) is 2.40. The first-order chi connectivity index (χ1) is 9.51. The summed E-state index contributed by atoms with van der Waals surface area (Å²) >= 11 is 3.45. The third-order valence-electron chi connectivity index (χ3n) is 3.27. The molecule has 106 valence electrons. The van der Waals surface area contributed by atoms with Gasteiger partial charge in [-0.2, -0.15) is 0 Å². The Kier molecular flexibility index (Phi) is 4.65. The third-order valence-corrected chi connectivity index (χ3v) is 3.76. The number of nitrogens with one attached hydrogen (secondary N) is 1. The molecule has 0 fully saturated rings. The fourth-order valence-corrected chi connectivity index (χ4v) is 2.58. The van der Waals surface area contributed by atoms with E-state index in [1.165, 1.54) is 11.6 Å². The van der Waals surface area contributed by atoms with Gasteiger partial charge in [-0.05, 0) is 43.2 Å². The molecule has 0 radical (unpaired) electrons. The largest absolute Gasteiger partial charge is 0.508 e. The van der Waals surface area contributed by atoms with Gasteiger partial charge in [-0.25, -0.2) is 4.39 Å². The van der Waals surface area contributed by atoms with Gasteiger partial charge in [0.2, 0.25) is 0 Å². The highest BCUT2D eigenvalue weighted by Crippen LogP contribution is 2.28. The highest BCUT2D eigenvalue weighted by atomic mass is 79.9. The monoisotopic (exact) mass is 337 g/mol. The minimum absolute atomic E-state index is 0.0589. The Morgan fingerprint density at radius 1 is 1.25 bits per heavy atom. The van der Waals surface area contributed by atoms with E-state index in [-0.39, 0.29) is 11.8 Å². The van der Waals surface area contributed by atoms with Crippen LogP contribution < -0.4 is 5.32 Å². The predicted octanol–water partition coefficient (Wildman–Crippen LogP) is 5.03. The molecule has 2 rings (SSSR count). The van der Waals surface area contributed by atoms with Crippen LogP contribution in [-0.2, 0) is 6.42 Å². The molecule has 1 atom stereocenters. The number of anilines is 1.